The summed E-state index contributed by atoms with van der Waals surface area (Å²) in [6.07, 6.45) is 0. The van der Waals surface area contributed by atoms with Gasteiger partial charge in [0.1, 0.15) is 6.61 Å². The Labute approximate surface area is 105 Å². The van der Waals surface area contributed by atoms with Crippen molar-refractivity contribution in [1.82, 2.24) is 0 Å². The van der Waals surface area contributed by atoms with E-state index in [1.54, 1.807) is 6.07 Å². The Kier molecular flexibility index (Phi) is 4.22. The fourth-order valence-electron chi connectivity index (χ4n) is 1.01. The maximum atomic E-state index is 10.7. The minimum Gasteiger partial charge on any atom is -0.481 e. The van der Waals surface area contributed by atoms with Crippen molar-refractivity contribution < 1.29 is 19.6 Å². The van der Waals surface area contributed by atoms with E-state index in [4.69, 9.17) is 9.84 Å². The Morgan fingerprint density at radius 1 is 1.59 bits per heavy atom. The highest BCUT2D eigenvalue weighted by Gasteiger charge is 2.18. The summed E-state index contributed by atoms with van der Waals surface area (Å²) in [7, 11) is 0. The number of nitro groups is 1. The molecule has 0 radical (unpaired) electrons. The molecule has 6 nitrogen and oxygen atoms in total. The van der Waals surface area contributed by atoms with E-state index in [1.807, 2.05) is 0 Å². The average Bonchev–Trinajstić information content (AvgIpc) is 2.26. The van der Waals surface area contributed by atoms with E-state index in [0.717, 1.165) is 0 Å². The molecule has 1 rings (SSSR count). The van der Waals surface area contributed by atoms with Crippen LogP contribution in [0.25, 0.3) is 0 Å². The van der Waals surface area contributed by atoms with Crippen molar-refractivity contribution in [2.24, 2.45) is 0 Å². The Bertz CT molecular complexity index is 486. The molecule has 0 aliphatic rings. The molecule has 0 atom stereocenters. The van der Waals surface area contributed by atoms with Crippen LogP contribution in [-0.4, -0.2) is 22.6 Å². The number of hydrogen-bond donors (Lipinski definition) is 1. The van der Waals surface area contributed by atoms with Crippen molar-refractivity contribution in [2.45, 2.75) is 0 Å². The summed E-state index contributed by atoms with van der Waals surface area (Å²) in [6, 6.07) is 4.32. The van der Waals surface area contributed by atoms with Crippen molar-refractivity contribution in [1.29, 1.82) is 0 Å². The second kappa shape index (κ2) is 5.44. The second-order valence-corrected chi connectivity index (χ2v) is 3.90. The van der Waals surface area contributed by atoms with Crippen molar-refractivity contribution in [3.8, 4) is 5.75 Å². The molecule has 0 aromatic heterocycles. The lowest BCUT2D eigenvalue weighted by atomic mass is 10.3. The van der Waals surface area contributed by atoms with Gasteiger partial charge in [0.15, 0.2) is 0 Å². The van der Waals surface area contributed by atoms with Gasteiger partial charge < -0.3 is 9.84 Å². The van der Waals surface area contributed by atoms with Gasteiger partial charge in [-0.15, -0.1) is 0 Å². The number of aliphatic carboxylic acids is 1. The third-order valence-corrected chi connectivity index (χ3v) is 2.46. The summed E-state index contributed by atoms with van der Waals surface area (Å²) in [5.74, 6) is -1.22. The predicted octanol–water partition coefficient (Wildman–Crippen LogP) is 2.38. The largest absolute Gasteiger partial charge is 0.481 e. The summed E-state index contributed by atoms with van der Waals surface area (Å²) in [5.41, 5.74) is -0.424. The minimum atomic E-state index is -1.21. The smallest absolute Gasteiger partial charge is 0.334 e. The molecule has 17 heavy (non-hydrogen) atoms. The van der Waals surface area contributed by atoms with E-state index in [0.29, 0.717) is 4.47 Å². The van der Waals surface area contributed by atoms with Crippen LogP contribution in [0.1, 0.15) is 0 Å². The van der Waals surface area contributed by atoms with Crippen LogP contribution in [0.3, 0.4) is 0 Å². The highest BCUT2D eigenvalue weighted by molar-refractivity contribution is 9.10. The molecule has 0 saturated carbocycles. The van der Waals surface area contributed by atoms with Crippen LogP contribution in [0.5, 0.6) is 5.75 Å². The number of rotatable bonds is 5. The van der Waals surface area contributed by atoms with Gasteiger partial charge in [-0.2, -0.15) is 0 Å². The fourth-order valence-corrected chi connectivity index (χ4v) is 1.48. The van der Waals surface area contributed by atoms with E-state index in [9.17, 15) is 14.9 Å². The van der Waals surface area contributed by atoms with Crippen molar-refractivity contribution in [3.63, 3.8) is 0 Å². The van der Waals surface area contributed by atoms with E-state index >= 15 is 0 Å². The zero-order valence-corrected chi connectivity index (χ0v) is 10.1. The predicted molar refractivity (Wildman–Crippen MR) is 63.1 cm³/mol. The van der Waals surface area contributed by atoms with Crippen molar-refractivity contribution >= 4 is 27.6 Å². The van der Waals surface area contributed by atoms with Crippen LogP contribution < -0.4 is 4.74 Å². The monoisotopic (exact) mass is 301 g/mol. The number of halogens is 1. The average molecular weight is 302 g/mol. The number of para-hydroxylation sites is 1. The molecule has 1 N–H and O–H groups in total. The molecule has 1 aromatic rings. The van der Waals surface area contributed by atoms with Crippen LogP contribution in [0.2, 0.25) is 0 Å². The van der Waals surface area contributed by atoms with Gasteiger partial charge in [-0.25, -0.2) is 4.79 Å². The molecular weight excluding hydrogens is 294 g/mol. The second-order valence-electron chi connectivity index (χ2n) is 3.04. The topological polar surface area (TPSA) is 89.7 Å². The molecule has 0 saturated heterocycles. The van der Waals surface area contributed by atoms with Crippen molar-refractivity contribution in [3.05, 3.63) is 44.9 Å². The van der Waals surface area contributed by atoms with Crippen molar-refractivity contribution in [2.75, 3.05) is 6.61 Å². The molecule has 0 fully saturated rings. The first kappa shape index (κ1) is 13.2. The highest BCUT2D eigenvalue weighted by Crippen LogP contribution is 2.34. The first-order valence-corrected chi connectivity index (χ1v) is 5.19. The number of ether oxygens (including phenoxy) is 1. The zero-order chi connectivity index (χ0) is 13.0. The highest BCUT2D eigenvalue weighted by atomic mass is 79.9. The first-order valence-electron chi connectivity index (χ1n) is 4.40. The molecule has 0 aliphatic carbocycles. The van der Waals surface area contributed by atoms with Gasteiger partial charge in [-0.3, -0.25) is 10.1 Å². The number of carboxylic acid groups (broad SMARTS) is 1. The standard InChI is InChI=1S/C10H8BrNO5/c1-6(10(13)14)5-17-9-7(11)3-2-4-8(9)12(15)16/h2-4H,1,5H2,(H,13,14). The Hall–Kier alpha value is -1.89. The van der Waals surface area contributed by atoms with Gasteiger partial charge >= 0.3 is 11.7 Å². The lowest BCUT2D eigenvalue weighted by Crippen LogP contribution is -2.10. The molecule has 0 bridgehead atoms. The van der Waals surface area contributed by atoms with Gasteiger partial charge in [-0.05, 0) is 22.0 Å². The summed E-state index contributed by atoms with van der Waals surface area (Å²) >= 11 is 3.10. The lowest BCUT2D eigenvalue weighted by molar-refractivity contribution is -0.385. The third kappa shape index (κ3) is 3.28. The van der Waals surface area contributed by atoms with E-state index in [-0.39, 0.29) is 23.6 Å². The first-order chi connectivity index (χ1) is 7.93. The summed E-state index contributed by atoms with van der Waals surface area (Å²) in [6.45, 7) is 2.94. The number of carbonyl (C=O) groups is 1. The fraction of sp³-hybridized carbons (Fsp3) is 0.100. The Morgan fingerprint density at radius 3 is 2.76 bits per heavy atom. The molecule has 7 heteroatoms. The lowest BCUT2D eigenvalue weighted by Gasteiger charge is -2.08. The molecule has 0 heterocycles. The maximum Gasteiger partial charge on any atom is 0.334 e. The normalized spacial score (nSPS) is 9.71. The van der Waals surface area contributed by atoms with Gasteiger partial charge in [0, 0.05) is 6.07 Å². The quantitative estimate of drug-likeness (QED) is 0.512. The number of hydrogen-bond acceptors (Lipinski definition) is 4. The molecule has 0 aliphatic heterocycles. The number of benzene rings is 1. The van der Waals surface area contributed by atoms with E-state index in [1.165, 1.54) is 12.1 Å². The molecule has 0 unspecified atom stereocenters. The molecule has 1 aromatic carbocycles. The molecule has 0 spiro atoms. The molecular formula is C10H8BrNO5. The number of nitrogens with zero attached hydrogens (tertiary/aromatic N) is 1. The number of carboxylic acids is 1. The zero-order valence-electron chi connectivity index (χ0n) is 8.55. The maximum absolute atomic E-state index is 10.7. The Balaban J connectivity index is 2.94. The minimum absolute atomic E-state index is 0.0140. The molecule has 90 valence electrons. The number of nitro benzene ring substituents is 1. The summed E-state index contributed by atoms with van der Waals surface area (Å²) in [5, 5.41) is 19.3. The van der Waals surface area contributed by atoms with Crippen LogP contribution in [0.15, 0.2) is 34.8 Å². The van der Waals surface area contributed by atoms with Crippen LogP contribution >= 0.6 is 15.9 Å². The summed E-state index contributed by atoms with van der Waals surface area (Å²) < 4.78 is 5.46. The third-order valence-electron chi connectivity index (χ3n) is 1.84. The van der Waals surface area contributed by atoms with Crippen LogP contribution in [-0.2, 0) is 4.79 Å². The Morgan fingerprint density at radius 2 is 2.24 bits per heavy atom. The van der Waals surface area contributed by atoms with Crippen LogP contribution in [0.4, 0.5) is 5.69 Å². The van der Waals surface area contributed by atoms with Gasteiger partial charge in [0.25, 0.3) is 0 Å². The van der Waals surface area contributed by atoms with Gasteiger partial charge in [0.05, 0.1) is 15.0 Å². The van der Waals surface area contributed by atoms with E-state index in [2.05, 4.69) is 22.5 Å². The van der Waals surface area contributed by atoms with Gasteiger partial charge in [0.2, 0.25) is 5.75 Å². The van der Waals surface area contributed by atoms with E-state index < -0.39 is 10.9 Å². The summed E-state index contributed by atoms with van der Waals surface area (Å²) in [4.78, 5) is 20.6. The molecule has 0 amide bonds. The van der Waals surface area contributed by atoms with Gasteiger partial charge in [-0.1, -0.05) is 12.6 Å². The van der Waals surface area contributed by atoms with Crippen LogP contribution in [0, 0.1) is 10.1 Å². The SMILES string of the molecule is C=C(COc1c(Br)cccc1[N+](=O)[O-])C(=O)O.